The van der Waals surface area contributed by atoms with Gasteiger partial charge in [0.1, 0.15) is 0 Å². The Morgan fingerprint density at radius 1 is 1.00 bits per heavy atom. The molecule has 1 aromatic carbocycles. The van der Waals surface area contributed by atoms with Crippen LogP contribution in [0.15, 0.2) is 61.3 Å². The van der Waals surface area contributed by atoms with Gasteiger partial charge in [0.15, 0.2) is 5.78 Å². The van der Waals surface area contributed by atoms with E-state index in [2.05, 4.69) is 15.1 Å². The van der Waals surface area contributed by atoms with Gasteiger partial charge in [0.25, 0.3) is 0 Å². The molecule has 0 unspecified atom stereocenters. The molecule has 0 saturated heterocycles. The summed E-state index contributed by atoms with van der Waals surface area (Å²) in [5, 5.41) is 5.03. The van der Waals surface area contributed by atoms with Gasteiger partial charge < -0.3 is 0 Å². The molecule has 0 amide bonds. The van der Waals surface area contributed by atoms with Gasteiger partial charge in [0, 0.05) is 29.5 Å². The van der Waals surface area contributed by atoms with Gasteiger partial charge in [-0.2, -0.15) is 5.10 Å². The largest absolute Gasteiger partial charge is 0.288 e. The predicted molar refractivity (Wildman–Crippen MR) is 78.2 cm³/mol. The molecule has 100 valence electrons. The van der Waals surface area contributed by atoms with Crippen LogP contribution in [0.25, 0.3) is 16.4 Å². The van der Waals surface area contributed by atoms with E-state index in [-0.39, 0.29) is 5.78 Å². The molecular formula is C16H10N4O. The fraction of sp³-hybridized carbons (Fsp3) is 0. The number of rotatable bonds is 2. The molecule has 0 fully saturated rings. The SMILES string of the molecule is O=C(c1cccc2ncccc12)c1cnn2ccncc12. The molecule has 0 spiro atoms. The topological polar surface area (TPSA) is 60.2 Å². The van der Waals surface area contributed by atoms with Crippen LogP contribution in [0.3, 0.4) is 0 Å². The number of benzene rings is 1. The highest BCUT2D eigenvalue weighted by atomic mass is 16.1. The summed E-state index contributed by atoms with van der Waals surface area (Å²) in [4.78, 5) is 21.2. The van der Waals surface area contributed by atoms with E-state index in [1.165, 1.54) is 0 Å². The second-order valence-corrected chi connectivity index (χ2v) is 4.67. The standard InChI is InChI=1S/C16H10N4O/c21-16(13-9-19-20-8-7-17-10-15(13)20)12-3-1-5-14-11(12)4-2-6-18-14/h1-10H. The summed E-state index contributed by atoms with van der Waals surface area (Å²) in [6.45, 7) is 0. The van der Waals surface area contributed by atoms with Crippen molar-refractivity contribution in [3.05, 3.63) is 72.4 Å². The van der Waals surface area contributed by atoms with Gasteiger partial charge in [-0.25, -0.2) is 4.52 Å². The van der Waals surface area contributed by atoms with Crippen molar-refractivity contribution in [3.8, 4) is 0 Å². The van der Waals surface area contributed by atoms with Crippen LogP contribution in [0, 0.1) is 0 Å². The van der Waals surface area contributed by atoms with Crippen LogP contribution < -0.4 is 0 Å². The zero-order valence-corrected chi connectivity index (χ0v) is 11.0. The number of pyridine rings is 1. The monoisotopic (exact) mass is 274 g/mol. The molecule has 0 aliphatic rings. The van der Waals surface area contributed by atoms with Crippen molar-refractivity contribution in [3.63, 3.8) is 0 Å². The first-order valence-electron chi connectivity index (χ1n) is 6.50. The molecule has 21 heavy (non-hydrogen) atoms. The van der Waals surface area contributed by atoms with E-state index in [0.29, 0.717) is 16.6 Å². The Morgan fingerprint density at radius 3 is 2.90 bits per heavy atom. The molecule has 0 radical (unpaired) electrons. The summed E-state index contributed by atoms with van der Waals surface area (Å²) in [6.07, 6.45) is 8.29. The molecule has 0 bridgehead atoms. The van der Waals surface area contributed by atoms with Crippen molar-refractivity contribution < 1.29 is 4.79 Å². The fourth-order valence-corrected chi connectivity index (χ4v) is 2.46. The maximum Gasteiger partial charge on any atom is 0.197 e. The minimum atomic E-state index is -0.0726. The zero-order chi connectivity index (χ0) is 14.2. The number of fused-ring (bicyclic) bond motifs is 2. The average molecular weight is 274 g/mol. The highest BCUT2D eigenvalue weighted by molar-refractivity contribution is 6.18. The predicted octanol–water partition coefficient (Wildman–Crippen LogP) is 2.51. The van der Waals surface area contributed by atoms with Crippen molar-refractivity contribution in [2.75, 3.05) is 0 Å². The Labute approximate surface area is 119 Å². The summed E-state index contributed by atoms with van der Waals surface area (Å²) in [7, 11) is 0. The molecule has 3 aromatic heterocycles. The lowest BCUT2D eigenvalue weighted by molar-refractivity contribution is 0.104. The van der Waals surface area contributed by atoms with Crippen LogP contribution >= 0.6 is 0 Å². The van der Waals surface area contributed by atoms with Crippen LogP contribution in [0.5, 0.6) is 0 Å². The van der Waals surface area contributed by atoms with E-state index < -0.39 is 0 Å². The molecule has 0 N–H and O–H groups in total. The molecular weight excluding hydrogens is 264 g/mol. The lowest BCUT2D eigenvalue weighted by Gasteiger charge is -2.04. The van der Waals surface area contributed by atoms with E-state index in [1.54, 1.807) is 35.5 Å². The van der Waals surface area contributed by atoms with Crippen molar-refractivity contribution in [1.29, 1.82) is 0 Å². The average Bonchev–Trinajstić information content (AvgIpc) is 2.98. The van der Waals surface area contributed by atoms with Crippen LogP contribution in [-0.4, -0.2) is 25.4 Å². The molecule has 5 heteroatoms. The summed E-state index contributed by atoms with van der Waals surface area (Å²) in [6, 6.07) is 9.28. The van der Waals surface area contributed by atoms with E-state index in [0.717, 1.165) is 10.9 Å². The van der Waals surface area contributed by atoms with E-state index in [1.807, 2.05) is 30.3 Å². The molecule has 0 atom stereocenters. The Morgan fingerprint density at radius 2 is 1.95 bits per heavy atom. The van der Waals surface area contributed by atoms with E-state index >= 15 is 0 Å². The lowest BCUT2D eigenvalue weighted by atomic mass is 10.0. The molecule has 5 nitrogen and oxygen atoms in total. The fourth-order valence-electron chi connectivity index (χ4n) is 2.46. The maximum absolute atomic E-state index is 12.8. The number of nitrogens with zero attached hydrogens (tertiary/aromatic N) is 4. The molecule has 0 aliphatic carbocycles. The Balaban J connectivity index is 1.95. The maximum atomic E-state index is 12.8. The van der Waals surface area contributed by atoms with Crippen LogP contribution in [0.2, 0.25) is 0 Å². The van der Waals surface area contributed by atoms with Gasteiger partial charge in [-0.05, 0) is 12.1 Å². The molecule has 0 saturated carbocycles. The first-order valence-corrected chi connectivity index (χ1v) is 6.50. The summed E-state index contributed by atoms with van der Waals surface area (Å²) in [5.74, 6) is -0.0726. The van der Waals surface area contributed by atoms with Crippen molar-refractivity contribution in [2.24, 2.45) is 0 Å². The lowest BCUT2D eigenvalue weighted by Crippen LogP contribution is -2.02. The highest BCUT2D eigenvalue weighted by Crippen LogP contribution is 2.21. The number of aromatic nitrogens is 4. The van der Waals surface area contributed by atoms with Crippen molar-refractivity contribution in [1.82, 2.24) is 19.6 Å². The van der Waals surface area contributed by atoms with Crippen LogP contribution in [0.1, 0.15) is 15.9 Å². The zero-order valence-electron chi connectivity index (χ0n) is 11.0. The van der Waals surface area contributed by atoms with E-state index in [4.69, 9.17) is 0 Å². The minimum absolute atomic E-state index is 0.0726. The number of hydrogen-bond acceptors (Lipinski definition) is 4. The molecule has 0 aliphatic heterocycles. The third kappa shape index (κ3) is 1.79. The highest BCUT2D eigenvalue weighted by Gasteiger charge is 2.17. The Hall–Kier alpha value is -3.08. The van der Waals surface area contributed by atoms with Gasteiger partial charge in [-0.1, -0.05) is 18.2 Å². The van der Waals surface area contributed by atoms with Crippen molar-refractivity contribution in [2.45, 2.75) is 0 Å². The third-order valence-corrected chi connectivity index (χ3v) is 3.46. The number of ketones is 1. The van der Waals surface area contributed by atoms with Crippen molar-refractivity contribution >= 4 is 22.2 Å². The minimum Gasteiger partial charge on any atom is -0.288 e. The van der Waals surface area contributed by atoms with E-state index in [9.17, 15) is 4.79 Å². The number of carbonyl (C=O) groups excluding carboxylic acids is 1. The first kappa shape index (κ1) is 11.7. The third-order valence-electron chi connectivity index (χ3n) is 3.46. The molecule has 4 rings (SSSR count). The summed E-state index contributed by atoms with van der Waals surface area (Å²) >= 11 is 0. The number of hydrogen-bond donors (Lipinski definition) is 0. The summed E-state index contributed by atoms with van der Waals surface area (Å²) in [5.41, 5.74) is 2.67. The number of carbonyl (C=O) groups is 1. The van der Waals surface area contributed by atoms with Crippen LogP contribution in [0.4, 0.5) is 0 Å². The second kappa shape index (κ2) is 4.49. The normalized spacial score (nSPS) is 11.0. The summed E-state index contributed by atoms with van der Waals surface area (Å²) < 4.78 is 1.64. The van der Waals surface area contributed by atoms with Gasteiger partial charge in [-0.3, -0.25) is 14.8 Å². The van der Waals surface area contributed by atoms with Gasteiger partial charge in [0.2, 0.25) is 0 Å². The van der Waals surface area contributed by atoms with Gasteiger partial charge in [-0.15, -0.1) is 0 Å². The quantitative estimate of drug-likeness (QED) is 0.527. The van der Waals surface area contributed by atoms with Crippen LogP contribution in [-0.2, 0) is 0 Å². The smallest absolute Gasteiger partial charge is 0.197 e. The molecule has 3 heterocycles. The van der Waals surface area contributed by atoms with Gasteiger partial charge in [0.05, 0.1) is 29.0 Å². The molecule has 4 aromatic rings. The first-order chi connectivity index (χ1) is 10.3. The Kier molecular flexibility index (Phi) is 2.50. The Bertz CT molecular complexity index is 969. The second-order valence-electron chi connectivity index (χ2n) is 4.67. The van der Waals surface area contributed by atoms with Gasteiger partial charge >= 0.3 is 0 Å².